The number of carbonyl (C=O) groups excluding carboxylic acids is 2. The van der Waals surface area contributed by atoms with E-state index in [9.17, 15) is 9.59 Å². The first-order valence-corrected chi connectivity index (χ1v) is 6.89. The van der Waals surface area contributed by atoms with Crippen LogP contribution in [0.3, 0.4) is 0 Å². The minimum Gasteiger partial charge on any atom is -0.355 e. The molecule has 0 saturated heterocycles. The van der Waals surface area contributed by atoms with Gasteiger partial charge in [-0.05, 0) is 49.6 Å². The van der Waals surface area contributed by atoms with E-state index in [0.29, 0.717) is 30.1 Å². The summed E-state index contributed by atoms with van der Waals surface area (Å²) in [6, 6.07) is 6.83. The fourth-order valence-electron chi connectivity index (χ4n) is 1.88. The fraction of sp³-hybridized carbons (Fsp3) is 0.467. The fourth-order valence-corrected chi connectivity index (χ4v) is 1.88. The molecule has 1 aromatic rings. The number of carbonyl (C=O) groups is 2. The standard InChI is InChI=1S/C15H23N3O2/c1-11(9-10-16)3-8-14(19)18-13-6-4-12(5-7-13)15(20)17-2/h4-7,11H,3,8-10,16H2,1-2H3,(H,17,20)(H,18,19). The van der Waals surface area contributed by atoms with Crippen LogP contribution in [0.4, 0.5) is 5.69 Å². The molecule has 0 saturated carbocycles. The molecule has 0 fully saturated rings. The Kier molecular flexibility index (Phi) is 6.73. The van der Waals surface area contributed by atoms with Gasteiger partial charge >= 0.3 is 0 Å². The summed E-state index contributed by atoms with van der Waals surface area (Å²) in [6.07, 6.45) is 2.26. The molecule has 0 aromatic heterocycles. The highest BCUT2D eigenvalue weighted by molar-refractivity contribution is 5.95. The number of amides is 2. The first-order valence-electron chi connectivity index (χ1n) is 6.89. The van der Waals surface area contributed by atoms with Gasteiger partial charge in [-0.3, -0.25) is 9.59 Å². The molecule has 0 heterocycles. The third-order valence-corrected chi connectivity index (χ3v) is 3.18. The van der Waals surface area contributed by atoms with Crippen LogP contribution in [0.5, 0.6) is 0 Å². The molecule has 0 spiro atoms. The summed E-state index contributed by atoms with van der Waals surface area (Å²) in [5, 5.41) is 5.37. The normalized spacial score (nSPS) is 11.8. The Morgan fingerprint density at radius 1 is 1.20 bits per heavy atom. The first kappa shape index (κ1) is 16.2. The predicted octanol–water partition coefficient (Wildman–Crippen LogP) is 1.75. The third kappa shape index (κ3) is 5.40. The maximum absolute atomic E-state index is 11.8. The molecule has 0 bridgehead atoms. The molecule has 0 aliphatic rings. The summed E-state index contributed by atoms with van der Waals surface area (Å²) in [7, 11) is 1.58. The summed E-state index contributed by atoms with van der Waals surface area (Å²) >= 11 is 0. The van der Waals surface area contributed by atoms with Gasteiger partial charge in [-0.15, -0.1) is 0 Å². The Labute approximate surface area is 119 Å². The van der Waals surface area contributed by atoms with Crippen molar-refractivity contribution in [3.05, 3.63) is 29.8 Å². The van der Waals surface area contributed by atoms with Gasteiger partial charge in [0.05, 0.1) is 0 Å². The van der Waals surface area contributed by atoms with Crippen molar-refractivity contribution in [2.75, 3.05) is 18.9 Å². The minimum atomic E-state index is -0.140. The van der Waals surface area contributed by atoms with Gasteiger partial charge in [-0.1, -0.05) is 6.92 Å². The van der Waals surface area contributed by atoms with Gasteiger partial charge in [-0.25, -0.2) is 0 Å². The SMILES string of the molecule is CNC(=O)c1ccc(NC(=O)CCC(C)CCN)cc1. The smallest absolute Gasteiger partial charge is 0.251 e. The van der Waals surface area contributed by atoms with Gasteiger partial charge in [-0.2, -0.15) is 0 Å². The van der Waals surface area contributed by atoms with Gasteiger partial charge in [0.15, 0.2) is 0 Å². The Bertz CT molecular complexity index is 443. The number of benzene rings is 1. The van der Waals surface area contributed by atoms with E-state index in [-0.39, 0.29) is 11.8 Å². The molecule has 0 aliphatic carbocycles. The molecular formula is C15H23N3O2. The number of nitrogens with two attached hydrogens (primary N) is 1. The van der Waals surface area contributed by atoms with Crippen LogP contribution in [0, 0.1) is 5.92 Å². The van der Waals surface area contributed by atoms with Crippen molar-refractivity contribution in [3.63, 3.8) is 0 Å². The highest BCUT2D eigenvalue weighted by atomic mass is 16.2. The second kappa shape index (κ2) is 8.32. The number of anilines is 1. The molecule has 1 atom stereocenters. The van der Waals surface area contributed by atoms with Gasteiger partial charge in [0.2, 0.25) is 5.91 Å². The van der Waals surface area contributed by atoms with Crippen molar-refractivity contribution >= 4 is 17.5 Å². The lowest BCUT2D eigenvalue weighted by Gasteiger charge is -2.10. The van der Waals surface area contributed by atoms with Gasteiger partial charge < -0.3 is 16.4 Å². The van der Waals surface area contributed by atoms with Crippen LogP contribution in [0.1, 0.15) is 36.5 Å². The highest BCUT2D eigenvalue weighted by Gasteiger charge is 2.07. The Morgan fingerprint density at radius 3 is 2.40 bits per heavy atom. The Balaban J connectivity index is 2.44. The molecule has 1 rings (SSSR count). The summed E-state index contributed by atoms with van der Waals surface area (Å²) in [5.74, 6) is 0.307. The van der Waals surface area contributed by atoms with E-state index < -0.39 is 0 Å². The van der Waals surface area contributed by atoms with Crippen LogP contribution < -0.4 is 16.4 Å². The van der Waals surface area contributed by atoms with Crippen molar-refractivity contribution in [1.82, 2.24) is 5.32 Å². The Hall–Kier alpha value is -1.88. The van der Waals surface area contributed by atoms with Crippen LogP contribution in [-0.4, -0.2) is 25.4 Å². The lowest BCUT2D eigenvalue weighted by Crippen LogP contribution is -2.18. The average molecular weight is 277 g/mol. The molecule has 5 nitrogen and oxygen atoms in total. The third-order valence-electron chi connectivity index (χ3n) is 3.18. The number of nitrogens with one attached hydrogen (secondary N) is 2. The van der Waals surface area contributed by atoms with E-state index in [2.05, 4.69) is 17.6 Å². The summed E-state index contributed by atoms with van der Waals surface area (Å²) in [4.78, 5) is 23.2. The maximum atomic E-state index is 11.8. The summed E-state index contributed by atoms with van der Waals surface area (Å²) < 4.78 is 0. The van der Waals surface area contributed by atoms with Gasteiger partial charge in [0.25, 0.3) is 5.91 Å². The molecule has 1 aromatic carbocycles. The Morgan fingerprint density at radius 2 is 1.85 bits per heavy atom. The van der Waals surface area contributed by atoms with E-state index in [4.69, 9.17) is 5.73 Å². The van der Waals surface area contributed by atoms with Crippen molar-refractivity contribution < 1.29 is 9.59 Å². The number of rotatable bonds is 7. The highest BCUT2D eigenvalue weighted by Crippen LogP contribution is 2.13. The number of hydrogen-bond donors (Lipinski definition) is 3. The van der Waals surface area contributed by atoms with Gasteiger partial charge in [0.1, 0.15) is 0 Å². The summed E-state index contributed by atoms with van der Waals surface area (Å²) in [6.45, 7) is 2.75. The topological polar surface area (TPSA) is 84.2 Å². The van der Waals surface area contributed by atoms with Crippen molar-refractivity contribution in [2.45, 2.75) is 26.2 Å². The van der Waals surface area contributed by atoms with Gasteiger partial charge in [0, 0.05) is 24.7 Å². The van der Waals surface area contributed by atoms with Crippen LogP contribution >= 0.6 is 0 Å². The second-order valence-electron chi connectivity index (χ2n) is 4.93. The first-order chi connectivity index (χ1) is 9.56. The van der Waals surface area contributed by atoms with E-state index in [0.717, 1.165) is 12.8 Å². The molecule has 1 unspecified atom stereocenters. The zero-order valence-electron chi connectivity index (χ0n) is 12.1. The van der Waals surface area contributed by atoms with Crippen LogP contribution in [0.25, 0.3) is 0 Å². The monoisotopic (exact) mass is 277 g/mol. The van der Waals surface area contributed by atoms with E-state index >= 15 is 0 Å². The second-order valence-corrected chi connectivity index (χ2v) is 4.93. The van der Waals surface area contributed by atoms with E-state index in [1.54, 1.807) is 31.3 Å². The molecular weight excluding hydrogens is 254 g/mol. The van der Waals surface area contributed by atoms with Crippen molar-refractivity contribution in [3.8, 4) is 0 Å². The molecule has 0 aliphatic heterocycles. The quantitative estimate of drug-likeness (QED) is 0.710. The average Bonchev–Trinajstić information content (AvgIpc) is 2.45. The molecule has 110 valence electrons. The molecule has 0 radical (unpaired) electrons. The minimum absolute atomic E-state index is 0.0124. The molecule has 4 N–H and O–H groups in total. The zero-order valence-corrected chi connectivity index (χ0v) is 12.1. The molecule has 5 heteroatoms. The predicted molar refractivity (Wildman–Crippen MR) is 80.5 cm³/mol. The zero-order chi connectivity index (χ0) is 15.0. The lowest BCUT2D eigenvalue weighted by atomic mass is 10.0. The van der Waals surface area contributed by atoms with Crippen molar-refractivity contribution in [1.29, 1.82) is 0 Å². The van der Waals surface area contributed by atoms with Crippen LogP contribution in [0.2, 0.25) is 0 Å². The van der Waals surface area contributed by atoms with E-state index in [1.165, 1.54) is 0 Å². The lowest BCUT2D eigenvalue weighted by molar-refractivity contribution is -0.116. The molecule has 2 amide bonds. The largest absolute Gasteiger partial charge is 0.355 e. The van der Waals surface area contributed by atoms with Crippen LogP contribution in [0.15, 0.2) is 24.3 Å². The van der Waals surface area contributed by atoms with E-state index in [1.807, 2.05) is 0 Å². The molecule has 20 heavy (non-hydrogen) atoms. The van der Waals surface area contributed by atoms with Crippen molar-refractivity contribution in [2.24, 2.45) is 11.7 Å². The summed E-state index contributed by atoms with van der Waals surface area (Å²) in [5.41, 5.74) is 6.75. The van der Waals surface area contributed by atoms with Crippen LogP contribution in [-0.2, 0) is 4.79 Å². The number of hydrogen-bond acceptors (Lipinski definition) is 3. The maximum Gasteiger partial charge on any atom is 0.251 e.